The molecule has 1 aliphatic heterocycles. The Labute approximate surface area is 190 Å². The topological polar surface area (TPSA) is 42.0 Å². The van der Waals surface area contributed by atoms with Crippen molar-refractivity contribution in [2.24, 2.45) is 0 Å². The summed E-state index contributed by atoms with van der Waals surface area (Å²) in [6.07, 6.45) is 0. The first-order valence-electron chi connectivity index (χ1n) is 10.9. The average Bonchev–Trinajstić information content (AvgIpc) is 3.21. The Balaban J connectivity index is 1.40. The van der Waals surface area contributed by atoms with Crippen LogP contribution in [0.2, 0.25) is 0 Å². The van der Waals surface area contributed by atoms with Gasteiger partial charge in [-0.1, -0.05) is 42.5 Å². The van der Waals surface area contributed by atoms with Crippen molar-refractivity contribution < 1.29 is 14.3 Å². The first-order chi connectivity index (χ1) is 15.5. The predicted octanol–water partition coefficient (Wildman–Crippen LogP) is 4.63. The summed E-state index contributed by atoms with van der Waals surface area (Å²) in [5, 5.41) is 0. The molecule has 5 heteroatoms. The Hall–Kier alpha value is -3.15. The SMILES string of the molecule is COCc1cc(CN2Cc3ccccc3C2)ccc1OCc1ccc(C(=O)N(C)C)cc1. The van der Waals surface area contributed by atoms with E-state index >= 15 is 0 Å². The monoisotopic (exact) mass is 430 g/mol. The number of fused-ring (bicyclic) bond motifs is 1. The van der Waals surface area contributed by atoms with Crippen LogP contribution in [0.15, 0.2) is 66.7 Å². The van der Waals surface area contributed by atoms with Crippen LogP contribution >= 0.6 is 0 Å². The average molecular weight is 431 g/mol. The minimum absolute atomic E-state index is 0.00321. The highest BCUT2D eigenvalue weighted by Gasteiger charge is 2.18. The number of hydrogen-bond acceptors (Lipinski definition) is 4. The lowest BCUT2D eigenvalue weighted by molar-refractivity contribution is 0.0827. The lowest BCUT2D eigenvalue weighted by Gasteiger charge is -2.17. The minimum atomic E-state index is -0.00321. The predicted molar refractivity (Wildman–Crippen MR) is 125 cm³/mol. The molecule has 0 unspecified atom stereocenters. The van der Waals surface area contributed by atoms with Crippen molar-refractivity contribution in [3.63, 3.8) is 0 Å². The molecule has 32 heavy (non-hydrogen) atoms. The fourth-order valence-electron chi connectivity index (χ4n) is 4.08. The molecule has 3 aromatic carbocycles. The molecular formula is C27H30N2O3. The van der Waals surface area contributed by atoms with E-state index in [4.69, 9.17) is 9.47 Å². The van der Waals surface area contributed by atoms with Crippen molar-refractivity contribution in [1.82, 2.24) is 9.80 Å². The van der Waals surface area contributed by atoms with E-state index in [1.54, 1.807) is 26.1 Å². The van der Waals surface area contributed by atoms with E-state index in [0.717, 1.165) is 36.5 Å². The summed E-state index contributed by atoms with van der Waals surface area (Å²) in [5.74, 6) is 0.824. The zero-order valence-electron chi connectivity index (χ0n) is 19.0. The van der Waals surface area contributed by atoms with E-state index in [1.165, 1.54) is 16.7 Å². The maximum absolute atomic E-state index is 12.0. The molecular weight excluding hydrogens is 400 g/mol. The quantitative estimate of drug-likeness (QED) is 0.523. The highest BCUT2D eigenvalue weighted by atomic mass is 16.5. The number of hydrogen-bond donors (Lipinski definition) is 0. The number of amides is 1. The summed E-state index contributed by atoms with van der Waals surface area (Å²) in [6, 6.07) is 22.6. The summed E-state index contributed by atoms with van der Waals surface area (Å²) >= 11 is 0. The summed E-state index contributed by atoms with van der Waals surface area (Å²) < 4.78 is 11.5. The molecule has 0 spiro atoms. The molecule has 1 amide bonds. The van der Waals surface area contributed by atoms with Crippen molar-refractivity contribution in [3.8, 4) is 5.75 Å². The van der Waals surface area contributed by atoms with Gasteiger partial charge in [-0.25, -0.2) is 0 Å². The van der Waals surface area contributed by atoms with Gasteiger partial charge >= 0.3 is 0 Å². The summed E-state index contributed by atoms with van der Waals surface area (Å²) in [6.45, 7) is 3.81. The number of ether oxygens (including phenoxy) is 2. The molecule has 0 saturated carbocycles. The van der Waals surface area contributed by atoms with Gasteiger partial charge in [-0.2, -0.15) is 0 Å². The first-order valence-corrected chi connectivity index (χ1v) is 10.9. The van der Waals surface area contributed by atoms with E-state index in [9.17, 15) is 4.79 Å². The number of rotatable bonds is 8. The van der Waals surface area contributed by atoms with Crippen LogP contribution in [0.5, 0.6) is 5.75 Å². The molecule has 4 rings (SSSR count). The van der Waals surface area contributed by atoms with Crippen LogP contribution < -0.4 is 4.74 Å². The Morgan fingerprint density at radius 2 is 1.56 bits per heavy atom. The lowest BCUT2D eigenvalue weighted by Crippen LogP contribution is -2.21. The van der Waals surface area contributed by atoms with Crippen LogP contribution in [0, 0.1) is 0 Å². The van der Waals surface area contributed by atoms with Gasteiger partial charge in [0.2, 0.25) is 0 Å². The van der Waals surface area contributed by atoms with Crippen LogP contribution in [0.3, 0.4) is 0 Å². The smallest absolute Gasteiger partial charge is 0.253 e. The Bertz CT molecular complexity index is 1050. The molecule has 166 valence electrons. The van der Waals surface area contributed by atoms with E-state index in [1.807, 2.05) is 30.3 Å². The van der Waals surface area contributed by atoms with Crippen LogP contribution in [-0.4, -0.2) is 36.9 Å². The van der Waals surface area contributed by atoms with Gasteiger partial charge in [0, 0.05) is 52.0 Å². The third kappa shape index (κ3) is 5.18. The Morgan fingerprint density at radius 1 is 0.906 bits per heavy atom. The van der Waals surface area contributed by atoms with Gasteiger partial charge in [-0.05, 0) is 46.5 Å². The lowest BCUT2D eigenvalue weighted by atomic mass is 10.1. The highest BCUT2D eigenvalue weighted by molar-refractivity contribution is 5.93. The van der Waals surface area contributed by atoms with Crippen molar-refractivity contribution in [3.05, 3.63) is 100 Å². The number of carbonyl (C=O) groups excluding carboxylic acids is 1. The molecule has 1 aliphatic rings. The number of nitrogens with zero attached hydrogens (tertiary/aromatic N) is 2. The summed E-state index contributed by atoms with van der Waals surface area (Å²) in [5.41, 5.74) is 6.82. The van der Waals surface area contributed by atoms with Gasteiger partial charge in [0.25, 0.3) is 5.91 Å². The standard InChI is InChI=1S/C27H30N2O3/c1-28(2)27(30)22-11-8-20(9-12-22)18-32-26-13-10-21(14-25(26)19-31-3)15-29-16-23-6-4-5-7-24(23)17-29/h4-14H,15-19H2,1-3H3. The van der Waals surface area contributed by atoms with Gasteiger partial charge in [0.05, 0.1) is 6.61 Å². The van der Waals surface area contributed by atoms with E-state index in [-0.39, 0.29) is 5.91 Å². The second kappa shape index (κ2) is 9.98. The van der Waals surface area contributed by atoms with Crippen molar-refractivity contribution >= 4 is 5.91 Å². The van der Waals surface area contributed by atoms with Crippen LogP contribution in [0.4, 0.5) is 0 Å². The maximum Gasteiger partial charge on any atom is 0.253 e. The first kappa shape index (κ1) is 22.1. The molecule has 0 aliphatic carbocycles. The van der Waals surface area contributed by atoms with Gasteiger partial charge < -0.3 is 14.4 Å². The third-order valence-electron chi connectivity index (χ3n) is 5.74. The van der Waals surface area contributed by atoms with Gasteiger partial charge in [0.15, 0.2) is 0 Å². The second-order valence-electron chi connectivity index (χ2n) is 8.47. The molecule has 0 bridgehead atoms. The molecule has 0 atom stereocenters. The fraction of sp³-hybridized carbons (Fsp3) is 0.296. The number of carbonyl (C=O) groups is 1. The van der Waals surface area contributed by atoms with Crippen molar-refractivity contribution in [2.45, 2.75) is 32.8 Å². The zero-order chi connectivity index (χ0) is 22.5. The molecule has 0 N–H and O–H groups in total. The number of benzene rings is 3. The van der Waals surface area contributed by atoms with E-state index < -0.39 is 0 Å². The van der Waals surface area contributed by atoms with Crippen molar-refractivity contribution in [2.75, 3.05) is 21.2 Å². The Kier molecular flexibility index (Phi) is 6.88. The maximum atomic E-state index is 12.0. The molecule has 0 radical (unpaired) electrons. The summed E-state index contributed by atoms with van der Waals surface area (Å²) in [4.78, 5) is 16.1. The second-order valence-corrected chi connectivity index (χ2v) is 8.47. The van der Waals surface area contributed by atoms with Crippen molar-refractivity contribution in [1.29, 1.82) is 0 Å². The third-order valence-corrected chi connectivity index (χ3v) is 5.74. The molecule has 3 aromatic rings. The normalized spacial score (nSPS) is 13.1. The molecule has 0 aromatic heterocycles. The molecule has 0 fully saturated rings. The van der Waals surface area contributed by atoms with Crippen LogP contribution in [0.1, 0.15) is 38.2 Å². The van der Waals surface area contributed by atoms with Crippen LogP contribution in [0.25, 0.3) is 0 Å². The fourth-order valence-corrected chi connectivity index (χ4v) is 4.08. The highest BCUT2D eigenvalue weighted by Crippen LogP contribution is 2.27. The van der Waals surface area contributed by atoms with Gasteiger partial charge in [-0.3, -0.25) is 9.69 Å². The molecule has 1 heterocycles. The van der Waals surface area contributed by atoms with Gasteiger partial charge in [0.1, 0.15) is 12.4 Å². The van der Waals surface area contributed by atoms with Crippen LogP contribution in [-0.2, 0) is 37.6 Å². The molecule has 0 saturated heterocycles. The molecule has 5 nitrogen and oxygen atoms in total. The van der Waals surface area contributed by atoms with Gasteiger partial charge in [-0.15, -0.1) is 0 Å². The van der Waals surface area contributed by atoms with E-state index in [0.29, 0.717) is 18.8 Å². The largest absolute Gasteiger partial charge is 0.489 e. The number of methoxy groups -OCH3 is 1. The Morgan fingerprint density at radius 3 is 2.19 bits per heavy atom. The summed E-state index contributed by atoms with van der Waals surface area (Å²) in [7, 11) is 5.21. The minimum Gasteiger partial charge on any atom is -0.489 e. The zero-order valence-corrected chi connectivity index (χ0v) is 19.0. The van der Waals surface area contributed by atoms with E-state index in [2.05, 4.69) is 41.3 Å².